The van der Waals surface area contributed by atoms with Crippen LogP contribution >= 0.6 is 0 Å². The number of nitrogen functional groups attached to an aromatic ring is 1. The highest BCUT2D eigenvalue weighted by atomic mass is 16.5. The predicted molar refractivity (Wildman–Crippen MR) is 139 cm³/mol. The molecule has 4 heterocycles. The zero-order valence-electron chi connectivity index (χ0n) is 19.8. The van der Waals surface area contributed by atoms with Crippen LogP contribution in [0.25, 0.3) is 22.5 Å². The summed E-state index contributed by atoms with van der Waals surface area (Å²) < 4.78 is 5.69. The Kier molecular flexibility index (Phi) is 6.40. The van der Waals surface area contributed by atoms with E-state index < -0.39 is 0 Å². The molecular weight excluding hydrogens is 440 g/mol. The Bertz CT molecular complexity index is 1310. The van der Waals surface area contributed by atoms with Gasteiger partial charge in [0, 0.05) is 67.7 Å². The third-order valence-corrected chi connectivity index (χ3v) is 6.10. The summed E-state index contributed by atoms with van der Waals surface area (Å²) in [5.41, 5.74) is 11.3. The largest absolute Gasteiger partial charge is 0.495 e. The molecular formula is C26H28N8O. The number of anilines is 4. The van der Waals surface area contributed by atoms with E-state index in [1.165, 1.54) is 0 Å². The summed E-state index contributed by atoms with van der Waals surface area (Å²) in [5, 5.41) is 3.24. The van der Waals surface area contributed by atoms with Gasteiger partial charge in [0.2, 0.25) is 5.95 Å². The maximum atomic E-state index is 6.37. The van der Waals surface area contributed by atoms with Gasteiger partial charge in [0.05, 0.1) is 24.2 Å². The number of rotatable bonds is 6. The molecule has 0 bridgehead atoms. The van der Waals surface area contributed by atoms with Gasteiger partial charge in [0.25, 0.3) is 0 Å². The maximum absolute atomic E-state index is 6.37. The highest BCUT2D eigenvalue weighted by Crippen LogP contribution is 2.34. The average molecular weight is 469 g/mol. The molecule has 0 amide bonds. The third kappa shape index (κ3) is 4.85. The molecule has 1 aliphatic heterocycles. The summed E-state index contributed by atoms with van der Waals surface area (Å²) >= 11 is 0. The number of likely N-dealkylation sites (N-methyl/N-ethyl adjacent to an activating group) is 1. The van der Waals surface area contributed by atoms with Crippen LogP contribution in [-0.4, -0.2) is 65.2 Å². The minimum absolute atomic E-state index is 0.355. The van der Waals surface area contributed by atoms with Crippen LogP contribution in [0.2, 0.25) is 0 Å². The van der Waals surface area contributed by atoms with E-state index in [2.05, 4.69) is 48.2 Å². The molecule has 5 rings (SSSR count). The van der Waals surface area contributed by atoms with E-state index in [4.69, 9.17) is 10.5 Å². The van der Waals surface area contributed by atoms with Crippen LogP contribution in [0.5, 0.6) is 5.75 Å². The lowest BCUT2D eigenvalue weighted by atomic mass is 10.0. The molecule has 9 heteroatoms. The highest BCUT2D eigenvalue weighted by molar-refractivity contribution is 5.84. The summed E-state index contributed by atoms with van der Waals surface area (Å²) in [4.78, 5) is 22.6. The third-order valence-electron chi connectivity index (χ3n) is 6.10. The number of nitrogens with two attached hydrogens (primary N) is 1. The van der Waals surface area contributed by atoms with E-state index in [0.717, 1.165) is 60.3 Å². The number of aromatic nitrogens is 4. The molecule has 4 aromatic rings. The lowest BCUT2D eigenvalue weighted by molar-refractivity contribution is 0.311. The molecule has 35 heavy (non-hydrogen) atoms. The van der Waals surface area contributed by atoms with Crippen molar-refractivity contribution >= 4 is 23.1 Å². The van der Waals surface area contributed by atoms with Gasteiger partial charge >= 0.3 is 0 Å². The van der Waals surface area contributed by atoms with Crippen LogP contribution in [0.1, 0.15) is 0 Å². The van der Waals surface area contributed by atoms with Gasteiger partial charge in [-0.1, -0.05) is 12.1 Å². The van der Waals surface area contributed by atoms with Crippen molar-refractivity contribution in [2.24, 2.45) is 0 Å². The number of benzene rings is 1. The van der Waals surface area contributed by atoms with Crippen LogP contribution in [0, 0.1) is 0 Å². The summed E-state index contributed by atoms with van der Waals surface area (Å²) in [5.74, 6) is 1.57. The first kappa shape index (κ1) is 22.5. The van der Waals surface area contributed by atoms with Crippen molar-refractivity contribution in [3.05, 3.63) is 67.1 Å². The van der Waals surface area contributed by atoms with Gasteiger partial charge in [-0.05, 0) is 37.4 Å². The van der Waals surface area contributed by atoms with E-state index in [0.29, 0.717) is 17.3 Å². The second kappa shape index (κ2) is 9.94. The molecule has 0 aliphatic carbocycles. The summed E-state index contributed by atoms with van der Waals surface area (Å²) in [6.07, 6.45) is 5.19. The van der Waals surface area contributed by atoms with Gasteiger partial charge in [-0.15, -0.1) is 0 Å². The molecule has 3 aromatic heterocycles. The van der Waals surface area contributed by atoms with E-state index in [1.807, 2.05) is 42.5 Å². The van der Waals surface area contributed by atoms with Crippen molar-refractivity contribution in [3.8, 4) is 28.3 Å². The number of hydrogen-bond donors (Lipinski definition) is 2. The molecule has 1 fully saturated rings. The number of piperazine rings is 1. The zero-order valence-corrected chi connectivity index (χ0v) is 19.8. The summed E-state index contributed by atoms with van der Waals surface area (Å²) in [7, 11) is 3.83. The van der Waals surface area contributed by atoms with Gasteiger partial charge in [0.1, 0.15) is 11.6 Å². The quantitative estimate of drug-likeness (QED) is 0.438. The standard InChI is InChI=1S/C26H28N8O/c1-33-12-14-34(15-13-33)22-9-8-18(16-23(22)35-2)31-26-30-17-20(25(27)32-26)19-6-5-11-29-24(19)21-7-3-4-10-28-21/h3-11,16-17H,12-15H2,1-2H3,(H3,27,30,31,32). The average Bonchev–Trinajstić information content (AvgIpc) is 2.90. The van der Waals surface area contributed by atoms with Crippen LogP contribution < -0.4 is 20.7 Å². The molecule has 178 valence electrons. The van der Waals surface area contributed by atoms with Crippen molar-refractivity contribution in [2.45, 2.75) is 0 Å². The van der Waals surface area contributed by atoms with E-state index in [-0.39, 0.29) is 0 Å². The lowest BCUT2D eigenvalue weighted by Crippen LogP contribution is -2.44. The van der Waals surface area contributed by atoms with E-state index >= 15 is 0 Å². The van der Waals surface area contributed by atoms with Gasteiger partial charge < -0.3 is 25.6 Å². The Balaban J connectivity index is 1.39. The Morgan fingerprint density at radius 2 is 1.74 bits per heavy atom. The monoisotopic (exact) mass is 468 g/mol. The predicted octanol–water partition coefficient (Wildman–Crippen LogP) is 3.69. The number of nitrogens with one attached hydrogen (secondary N) is 1. The van der Waals surface area contributed by atoms with Crippen LogP contribution in [0.4, 0.5) is 23.1 Å². The Morgan fingerprint density at radius 3 is 2.49 bits per heavy atom. The van der Waals surface area contributed by atoms with Crippen LogP contribution in [0.15, 0.2) is 67.1 Å². The van der Waals surface area contributed by atoms with Crippen molar-refractivity contribution in [2.75, 3.05) is 56.3 Å². The Morgan fingerprint density at radius 1 is 0.914 bits per heavy atom. The van der Waals surface area contributed by atoms with Crippen molar-refractivity contribution in [3.63, 3.8) is 0 Å². The molecule has 1 aromatic carbocycles. The summed E-state index contributed by atoms with van der Waals surface area (Å²) in [6.45, 7) is 3.99. The molecule has 0 radical (unpaired) electrons. The first-order valence-electron chi connectivity index (χ1n) is 11.5. The number of ether oxygens (including phenoxy) is 1. The second-order valence-electron chi connectivity index (χ2n) is 8.41. The van der Waals surface area contributed by atoms with E-state index in [1.54, 1.807) is 25.7 Å². The first-order valence-corrected chi connectivity index (χ1v) is 11.5. The fourth-order valence-electron chi connectivity index (χ4n) is 4.19. The Hall–Kier alpha value is -4.24. The fraction of sp³-hybridized carbons (Fsp3) is 0.231. The maximum Gasteiger partial charge on any atom is 0.229 e. The molecule has 0 saturated carbocycles. The smallest absolute Gasteiger partial charge is 0.229 e. The minimum atomic E-state index is 0.355. The first-order chi connectivity index (χ1) is 17.1. The molecule has 0 unspecified atom stereocenters. The number of pyridine rings is 2. The number of methoxy groups -OCH3 is 1. The second-order valence-corrected chi connectivity index (χ2v) is 8.41. The number of nitrogens with zero attached hydrogens (tertiary/aromatic N) is 6. The van der Waals surface area contributed by atoms with Gasteiger partial charge in [-0.25, -0.2) is 4.98 Å². The van der Waals surface area contributed by atoms with Crippen molar-refractivity contribution < 1.29 is 4.74 Å². The van der Waals surface area contributed by atoms with Crippen molar-refractivity contribution in [1.82, 2.24) is 24.8 Å². The highest BCUT2D eigenvalue weighted by Gasteiger charge is 2.18. The topological polar surface area (TPSA) is 105 Å². The molecule has 1 saturated heterocycles. The van der Waals surface area contributed by atoms with Gasteiger partial charge in [0.15, 0.2) is 0 Å². The molecule has 9 nitrogen and oxygen atoms in total. The number of hydrogen-bond acceptors (Lipinski definition) is 9. The normalized spacial score (nSPS) is 14.1. The van der Waals surface area contributed by atoms with Crippen LogP contribution in [-0.2, 0) is 0 Å². The fourth-order valence-corrected chi connectivity index (χ4v) is 4.19. The molecule has 3 N–H and O–H groups in total. The summed E-state index contributed by atoms with van der Waals surface area (Å²) in [6, 6.07) is 15.6. The molecule has 0 atom stereocenters. The lowest BCUT2D eigenvalue weighted by Gasteiger charge is -2.34. The zero-order chi connectivity index (χ0) is 24.2. The minimum Gasteiger partial charge on any atom is -0.495 e. The van der Waals surface area contributed by atoms with Gasteiger partial charge in [-0.2, -0.15) is 4.98 Å². The Labute approximate surface area is 204 Å². The van der Waals surface area contributed by atoms with E-state index in [9.17, 15) is 0 Å². The molecule has 1 aliphatic rings. The SMILES string of the molecule is COc1cc(Nc2ncc(-c3cccnc3-c3ccccn3)c(N)n2)ccc1N1CCN(C)CC1. The van der Waals surface area contributed by atoms with Gasteiger partial charge in [-0.3, -0.25) is 9.97 Å². The molecule has 0 spiro atoms. The van der Waals surface area contributed by atoms with Crippen LogP contribution in [0.3, 0.4) is 0 Å². The van der Waals surface area contributed by atoms with Crippen molar-refractivity contribution in [1.29, 1.82) is 0 Å².